The van der Waals surface area contributed by atoms with Crippen molar-refractivity contribution < 1.29 is 19.4 Å². The van der Waals surface area contributed by atoms with Crippen molar-refractivity contribution in [3.8, 4) is 11.5 Å². The maximum atomic E-state index is 12.7. The zero-order chi connectivity index (χ0) is 17.0. The zero-order valence-corrected chi connectivity index (χ0v) is 14.5. The predicted molar refractivity (Wildman–Crippen MR) is 90.0 cm³/mol. The van der Waals surface area contributed by atoms with Gasteiger partial charge in [-0.1, -0.05) is 20.8 Å². The molecule has 1 unspecified atom stereocenters. The van der Waals surface area contributed by atoms with Gasteiger partial charge in [-0.15, -0.1) is 0 Å². The highest BCUT2D eigenvalue weighted by atomic mass is 16.5. The molecule has 0 radical (unpaired) electrons. The summed E-state index contributed by atoms with van der Waals surface area (Å²) in [5.74, 6) is 1.69. The van der Waals surface area contributed by atoms with Crippen molar-refractivity contribution in [3.05, 3.63) is 17.7 Å². The average Bonchev–Trinajstić information content (AvgIpc) is 2.53. The van der Waals surface area contributed by atoms with Gasteiger partial charge in [0.05, 0.1) is 18.9 Å². The van der Waals surface area contributed by atoms with Gasteiger partial charge in [0.2, 0.25) is 0 Å². The Morgan fingerprint density at radius 2 is 2.09 bits per heavy atom. The van der Waals surface area contributed by atoms with Crippen LogP contribution in [0.4, 0.5) is 5.69 Å². The maximum absolute atomic E-state index is 12.7. The number of carbonyl (C=O) groups is 1. The van der Waals surface area contributed by atoms with Crippen LogP contribution in [0.2, 0.25) is 0 Å². The van der Waals surface area contributed by atoms with Crippen molar-refractivity contribution in [1.29, 1.82) is 0 Å². The van der Waals surface area contributed by atoms with E-state index in [0.717, 1.165) is 6.42 Å². The molecule has 1 aliphatic heterocycles. The monoisotopic (exact) mass is 321 g/mol. The van der Waals surface area contributed by atoms with Gasteiger partial charge in [-0.05, 0) is 43.4 Å². The third-order valence-electron chi connectivity index (χ3n) is 3.97. The van der Waals surface area contributed by atoms with Gasteiger partial charge in [-0.2, -0.15) is 0 Å². The van der Waals surface area contributed by atoms with E-state index in [0.29, 0.717) is 48.2 Å². The van der Waals surface area contributed by atoms with Gasteiger partial charge in [-0.3, -0.25) is 4.79 Å². The maximum Gasteiger partial charge on any atom is 0.268 e. The molecular weight excluding hydrogens is 294 g/mol. The number of anilines is 1. The second-order valence-corrected chi connectivity index (χ2v) is 6.22. The summed E-state index contributed by atoms with van der Waals surface area (Å²) in [5, 5.41) is 9.50. The van der Waals surface area contributed by atoms with Crippen LogP contribution in [0.5, 0.6) is 11.5 Å². The van der Waals surface area contributed by atoms with Crippen LogP contribution in [0.1, 0.15) is 46.1 Å². The molecule has 23 heavy (non-hydrogen) atoms. The molecule has 1 aromatic rings. The lowest BCUT2D eigenvalue weighted by molar-refractivity contribution is -0.126. The Balaban J connectivity index is 2.48. The molecule has 2 rings (SSSR count). The van der Waals surface area contributed by atoms with Crippen LogP contribution in [0.15, 0.2) is 12.1 Å². The second-order valence-electron chi connectivity index (χ2n) is 6.22. The molecule has 0 saturated heterocycles. The van der Waals surface area contributed by atoms with E-state index in [1.807, 2.05) is 19.9 Å². The Morgan fingerprint density at radius 3 is 2.65 bits per heavy atom. The van der Waals surface area contributed by atoms with Crippen molar-refractivity contribution >= 4 is 11.6 Å². The Hall–Kier alpha value is -1.75. The number of nitrogens with zero attached hydrogens (tertiary/aromatic N) is 1. The first-order valence-electron chi connectivity index (χ1n) is 8.40. The number of aliphatic hydroxyl groups excluding tert-OH is 1. The lowest BCUT2D eigenvalue weighted by Gasteiger charge is -2.35. The number of amides is 1. The first-order valence-corrected chi connectivity index (χ1v) is 8.40. The summed E-state index contributed by atoms with van der Waals surface area (Å²) in [7, 11) is 0. The van der Waals surface area contributed by atoms with E-state index in [1.54, 1.807) is 11.0 Å². The number of carbonyl (C=O) groups excluding carboxylic acids is 1. The number of benzene rings is 1. The van der Waals surface area contributed by atoms with Crippen molar-refractivity contribution in [2.75, 3.05) is 18.1 Å². The molecule has 0 aromatic heterocycles. The third kappa shape index (κ3) is 3.78. The van der Waals surface area contributed by atoms with Gasteiger partial charge in [0.25, 0.3) is 5.91 Å². The van der Waals surface area contributed by atoms with Gasteiger partial charge in [0.15, 0.2) is 17.6 Å². The molecule has 0 saturated carbocycles. The lowest BCUT2D eigenvalue weighted by atomic mass is 10.1. The molecule has 1 atom stereocenters. The minimum atomic E-state index is -0.478. The van der Waals surface area contributed by atoms with E-state index in [1.165, 1.54) is 0 Å². The van der Waals surface area contributed by atoms with Crippen molar-refractivity contribution in [3.63, 3.8) is 0 Å². The molecule has 0 bridgehead atoms. The van der Waals surface area contributed by atoms with E-state index in [-0.39, 0.29) is 12.5 Å². The van der Waals surface area contributed by atoms with Crippen LogP contribution in [0.3, 0.4) is 0 Å². The quantitative estimate of drug-likeness (QED) is 0.838. The summed E-state index contributed by atoms with van der Waals surface area (Å²) in [6.07, 6.45) is 1.05. The Morgan fingerprint density at radius 1 is 1.35 bits per heavy atom. The molecule has 1 aromatic carbocycles. The summed E-state index contributed by atoms with van der Waals surface area (Å²) in [6, 6.07) is 3.60. The molecular formula is C18H27NO4. The minimum absolute atomic E-state index is 0.0156. The first kappa shape index (κ1) is 17.6. The van der Waals surface area contributed by atoms with E-state index >= 15 is 0 Å². The standard InChI is InChI=1S/C18H27NO4/c1-5-15-18(21)19(8-7-12(3)4)14-9-13(11-20)10-16(22-6-2)17(14)23-15/h9-10,12,15,20H,5-8,11H2,1-4H3. The van der Waals surface area contributed by atoms with Gasteiger partial charge in [-0.25, -0.2) is 0 Å². The fraction of sp³-hybridized carbons (Fsp3) is 0.611. The Bertz CT molecular complexity index is 556. The van der Waals surface area contributed by atoms with E-state index < -0.39 is 6.10 Å². The Kier molecular flexibility index (Phi) is 5.88. The Labute approximate surface area is 138 Å². The molecule has 0 aliphatic carbocycles. The number of rotatable bonds is 7. The molecule has 1 N–H and O–H groups in total. The van der Waals surface area contributed by atoms with Crippen LogP contribution in [-0.2, 0) is 11.4 Å². The van der Waals surface area contributed by atoms with Crippen LogP contribution in [0, 0.1) is 5.92 Å². The largest absolute Gasteiger partial charge is 0.490 e. The lowest BCUT2D eigenvalue weighted by Crippen LogP contribution is -2.46. The van der Waals surface area contributed by atoms with Gasteiger partial charge in [0, 0.05) is 6.54 Å². The molecule has 128 valence electrons. The number of fused-ring (bicyclic) bond motifs is 1. The molecule has 5 nitrogen and oxygen atoms in total. The van der Waals surface area contributed by atoms with Gasteiger partial charge >= 0.3 is 0 Å². The van der Waals surface area contributed by atoms with Crippen LogP contribution in [-0.4, -0.2) is 30.3 Å². The highest BCUT2D eigenvalue weighted by Crippen LogP contribution is 2.43. The van der Waals surface area contributed by atoms with Crippen molar-refractivity contribution in [1.82, 2.24) is 0 Å². The number of aliphatic hydroxyl groups is 1. The summed E-state index contributed by atoms with van der Waals surface area (Å²) in [4.78, 5) is 14.5. The fourth-order valence-electron chi connectivity index (χ4n) is 2.68. The van der Waals surface area contributed by atoms with Crippen LogP contribution >= 0.6 is 0 Å². The molecule has 1 amide bonds. The molecule has 1 heterocycles. The highest BCUT2D eigenvalue weighted by Gasteiger charge is 2.35. The van der Waals surface area contributed by atoms with Crippen LogP contribution < -0.4 is 14.4 Å². The van der Waals surface area contributed by atoms with Gasteiger partial charge in [0.1, 0.15) is 0 Å². The number of hydrogen-bond acceptors (Lipinski definition) is 4. The van der Waals surface area contributed by atoms with Gasteiger partial charge < -0.3 is 19.5 Å². The predicted octanol–water partition coefficient (Wildman–Crippen LogP) is 3.13. The fourth-order valence-corrected chi connectivity index (χ4v) is 2.68. The smallest absolute Gasteiger partial charge is 0.268 e. The summed E-state index contributed by atoms with van der Waals surface area (Å²) in [5.41, 5.74) is 1.42. The minimum Gasteiger partial charge on any atom is -0.490 e. The third-order valence-corrected chi connectivity index (χ3v) is 3.97. The molecule has 0 spiro atoms. The summed E-state index contributed by atoms with van der Waals surface area (Å²) >= 11 is 0. The molecule has 0 fully saturated rings. The average molecular weight is 321 g/mol. The normalized spacial score (nSPS) is 17.2. The van der Waals surface area contributed by atoms with Crippen molar-refractivity contribution in [2.45, 2.75) is 53.2 Å². The second kappa shape index (κ2) is 7.68. The van der Waals surface area contributed by atoms with Crippen molar-refractivity contribution in [2.24, 2.45) is 5.92 Å². The molecule has 5 heteroatoms. The SMILES string of the molecule is CCOc1cc(CO)cc2c1OC(CC)C(=O)N2CCC(C)C. The number of ether oxygens (including phenoxy) is 2. The highest BCUT2D eigenvalue weighted by molar-refractivity contribution is 6.00. The first-order chi connectivity index (χ1) is 11.0. The number of hydrogen-bond donors (Lipinski definition) is 1. The molecule has 1 aliphatic rings. The van der Waals surface area contributed by atoms with E-state index in [9.17, 15) is 9.90 Å². The zero-order valence-electron chi connectivity index (χ0n) is 14.5. The summed E-state index contributed by atoms with van der Waals surface area (Å²) in [6.45, 7) is 9.16. The summed E-state index contributed by atoms with van der Waals surface area (Å²) < 4.78 is 11.6. The van der Waals surface area contributed by atoms with Crippen LogP contribution in [0.25, 0.3) is 0 Å². The van der Waals surface area contributed by atoms with E-state index in [2.05, 4.69) is 13.8 Å². The van der Waals surface area contributed by atoms with E-state index in [4.69, 9.17) is 9.47 Å². The topological polar surface area (TPSA) is 59.0 Å².